The molecule has 0 aliphatic carbocycles. The average molecular weight is 354 g/mol. The van der Waals surface area contributed by atoms with E-state index in [4.69, 9.17) is 0 Å². The molecular weight excluding hydrogens is 340 g/mol. The maximum absolute atomic E-state index is 12.4. The molecule has 4 aromatic rings. The van der Waals surface area contributed by atoms with Crippen molar-refractivity contribution in [2.45, 2.75) is 6.54 Å². The molecule has 126 valence electrons. The Morgan fingerprint density at radius 3 is 2.92 bits per heavy atom. The van der Waals surface area contributed by atoms with Gasteiger partial charge in [0.2, 0.25) is 0 Å². The Hall–Kier alpha value is -3.13. The molecule has 1 amide bonds. The number of thiophene rings is 1. The summed E-state index contributed by atoms with van der Waals surface area (Å²) >= 11 is 1.28. The van der Waals surface area contributed by atoms with Crippen LogP contribution in [0.15, 0.2) is 51.5 Å². The quantitative estimate of drug-likeness (QED) is 0.520. The molecule has 7 nitrogen and oxygen atoms in total. The third kappa shape index (κ3) is 2.66. The minimum Gasteiger partial charge on any atom is -0.361 e. The van der Waals surface area contributed by atoms with Gasteiger partial charge in [0.25, 0.3) is 11.5 Å². The van der Waals surface area contributed by atoms with Crippen molar-refractivity contribution in [3.8, 4) is 0 Å². The number of amides is 1. The summed E-state index contributed by atoms with van der Waals surface area (Å²) in [6.07, 6.45) is 1.77. The van der Waals surface area contributed by atoms with E-state index in [-0.39, 0.29) is 24.6 Å². The predicted molar refractivity (Wildman–Crippen MR) is 97.3 cm³/mol. The Morgan fingerprint density at radius 1 is 1.16 bits per heavy atom. The molecule has 0 radical (unpaired) electrons. The zero-order chi connectivity index (χ0) is 17.4. The molecule has 0 spiro atoms. The topological polar surface area (TPSA) is 99.8 Å². The second-order valence-corrected chi connectivity index (χ2v) is 6.47. The van der Waals surface area contributed by atoms with Crippen molar-refractivity contribution in [1.29, 1.82) is 0 Å². The first-order chi connectivity index (χ1) is 12.1. The van der Waals surface area contributed by atoms with E-state index in [2.05, 4.69) is 15.3 Å². The molecule has 0 saturated heterocycles. The van der Waals surface area contributed by atoms with E-state index in [0.717, 1.165) is 15.5 Å². The molecule has 8 heteroatoms. The fourth-order valence-corrected chi connectivity index (χ4v) is 3.63. The van der Waals surface area contributed by atoms with E-state index < -0.39 is 5.69 Å². The van der Waals surface area contributed by atoms with Crippen molar-refractivity contribution in [3.63, 3.8) is 0 Å². The van der Waals surface area contributed by atoms with Crippen LogP contribution in [0.5, 0.6) is 0 Å². The number of rotatable bonds is 4. The Morgan fingerprint density at radius 2 is 2.04 bits per heavy atom. The van der Waals surface area contributed by atoms with Gasteiger partial charge in [-0.3, -0.25) is 14.2 Å². The highest BCUT2D eigenvalue weighted by Gasteiger charge is 2.12. The lowest BCUT2D eigenvalue weighted by molar-refractivity contribution is 0.0953. The van der Waals surface area contributed by atoms with Gasteiger partial charge >= 0.3 is 5.69 Å². The van der Waals surface area contributed by atoms with Crippen molar-refractivity contribution in [3.05, 3.63) is 68.3 Å². The van der Waals surface area contributed by atoms with E-state index in [1.807, 2.05) is 12.1 Å². The summed E-state index contributed by atoms with van der Waals surface area (Å²) in [6, 6.07) is 8.97. The van der Waals surface area contributed by atoms with Crippen LogP contribution in [-0.2, 0) is 6.54 Å². The average Bonchev–Trinajstić information content (AvgIpc) is 3.25. The molecule has 0 fully saturated rings. The van der Waals surface area contributed by atoms with Gasteiger partial charge in [-0.1, -0.05) is 6.07 Å². The smallest absolute Gasteiger partial charge is 0.328 e. The van der Waals surface area contributed by atoms with Gasteiger partial charge in [-0.25, -0.2) is 4.79 Å². The van der Waals surface area contributed by atoms with Gasteiger partial charge in [0, 0.05) is 35.8 Å². The zero-order valence-corrected chi connectivity index (χ0v) is 13.9. The van der Waals surface area contributed by atoms with Crippen LogP contribution in [0.4, 0.5) is 0 Å². The fourth-order valence-electron chi connectivity index (χ4n) is 2.83. The normalized spacial score (nSPS) is 11.2. The molecule has 0 aliphatic rings. The standard InChI is InChI=1S/C17H14N4O3S/c22-15(11-2-1-3-12-10(11)4-6-18-12)19-7-8-21-16(23)14-13(5-9-25-14)20-17(21)24/h1-6,9,18H,7-8H2,(H,19,22)(H,20,24). The van der Waals surface area contributed by atoms with Crippen LogP contribution in [0.1, 0.15) is 10.4 Å². The Kier molecular flexibility index (Phi) is 3.73. The highest BCUT2D eigenvalue weighted by atomic mass is 32.1. The van der Waals surface area contributed by atoms with Crippen LogP contribution in [-0.4, -0.2) is 27.0 Å². The number of nitrogens with zero attached hydrogens (tertiary/aromatic N) is 1. The molecule has 0 saturated carbocycles. The van der Waals surface area contributed by atoms with Gasteiger partial charge in [-0.15, -0.1) is 11.3 Å². The Labute approximate surface area is 144 Å². The van der Waals surface area contributed by atoms with Crippen molar-refractivity contribution in [2.24, 2.45) is 0 Å². The van der Waals surface area contributed by atoms with Gasteiger partial charge < -0.3 is 15.3 Å². The Bertz CT molecular complexity index is 1200. The first-order valence-electron chi connectivity index (χ1n) is 7.70. The molecule has 1 aromatic carbocycles. The van der Waals surface area contributed by atoms with Crippen LogP contribution in [0.3, 0.4) is 0 Å². The molecule has 3 heterocycles. The summed E-state index contributed by atoms with van der Waals surface area (Å²) in [5, 5.41) is 5.35. The third-order valence-corrected chi connectivity index (χ3v) is 4.95. The van der Waals surface area contributed by atoms with Gasteiger partial charge in [-0.2, -0.15) is 0 Å². The maximum Gasteiger partial charge on any atom is 0.328 e. The number of nitrogens with one attached hydrogen (secondary N) is 3. The summed E-state index contributed by atoms with van der Waals surface area (Å²) in [5.74, 6) is -0.244. The number of hydrogen-bond donors (Lipinski definition) is 3. The predicted octanol–water partition coefficient (Wildman–Crippen LogP) is 1.66. The number of aromatic nitrogens is 3. The molecule has 0 bridgehead atoms. The fraction of sp³-hybridized carbons (Fsp3) is 0.118. The van der Waals surface area contributed by atoms with Crippen LogP contribution in [0, 0.1) is 0 Å². The van der Waals surface area contributed by atoms with Crippen molar-refractivity contribution < 1.29 is 4.79 Å². The molecular formula is C17H14N4O3S. The maximum atomic E-state index is 12.4. The van der Waals surface area contributed by atoms with E-state index in [1.54, 1.807) is 29.8 Å². The van der Waals surface area contributed by atoms with Crippen molar-refractivity contribution >= 4 is 38.4 Å². The van der Waals surface area contributed by atoms with E-state index in [1.165, 1.54) is 11.3 Å². The third-order valence-electron chi connectivity index (χ3n) is 4.05. The number of fused-ring (bicyclic) bond motifs is 2. The van der Waals surface area contributed by atoms with Gasteiger partial charge in [-0.05, 0) is 29.6 Å². The van der Waals surface area contributed by atoms with Crippen molar-refractivity contribution in [2.75, 3.05) is 6.54 Å². The lowest BCUT2D eigenvalue weighted by Gasteiger charge is -2.08. The molecule has 3 aromatic heterocycles. The lowest BCUT2D eigenvalue weighted by atomic mass is 10.1. The molecule has 4 rings (SSSR count). The van der Waals surface area contributed by atoms with Crippen LogP contribution in [0.2, 0.25) is 0 Å². The second kappa shape index (κ2) is 6.06. The summed E-state index contributed by atoms with van der Waals surface area (Å²) in [5.41, 5.74) is 1.16. The second-order valence-electron chi connectivity index (χ2n) is 5.55. The highest BCUT2D eigenvalue weighted by molar-refractivity contribution is 7.17. The number of benzene rings is 1. The van der Waals surface area contributed by atoms with E-state index in [0.29, 0.717) is 15.8 Å². The van der Waals surface area contributed by atoms with E-state index >= 15 is 0 Å². The van der Waals surface area contributed by atoms with E-state index in [9.17, 15) is 14.4 Å². The lowest BCUT2D eigenvalue weighted by Crippen LogP contribution is -2.38. The minimum absolute atomic E-state index is 0.108. The van der Waals surface area contributed by atoms with Crippen LogP contribution >= 0.6 is 11.3 Å². The van der Waals surface area contributed by atoms with Gasteiger partial charge in [0.05, 0.1) is 5.52 Å². The molecule has 0 atom stereocenters. The number of aromatic amines is 2. The van der Waals surface area contributed by atoms with Crippen LogP contribution in [0.25, 0.3) is 21.1 Å². The number of carbonyl (C=O) groups excluding carboxylic acids is 1. The number of H-pyrrole nitrogens is 2. The molecule has 25 heavy (non-hydrogen) atoms. The summed E-state index contributed by atoms with van der Waals surface area (Å²) in [7, 11) is 0. The summed E-state index contributed by atoms with van der Waals surface area (Å²) < 4.78 is 1.61. The number of hydrogen-bond acceptors (Lipinski definition) is 4. The molecule has 0 unspecified atom stereocenters. The SMILES string of the molecule is O=C(NCCn1c(=O)[nH]c2ccsc2c1=O)c1cccc2[nH]ccc12. The minimum atomic E-state index is -0.474. The summed E-state index contributed by atoms with van der Waals surface area (Å²) in [4.78, 5) is 42.5. The number of carbonyl (C=O) groups is 1. The largest absolute Gasteiger partial charge is 0.361 e. The zero-order valence-electron chi connectivity index (χ0n) is 13.0. The summed E-state index contributed by atoms with van der Waals surface area (Å²) in [6.45, 7) is 0.288. The van der Waals surface area contributed by atoms with Crippen molar-refractivity contribution in [1.82, 2.24) is 19.9 Å². The first kappa shape index (κ1) is 15.4. The first-order valence-corrected chi connectivity index (χ1v) is 8.58. The van der Waals surface area contributed by atoms with Gasteiger partial charge in [0.15, 0.2) is 0 Å². The molecule has 0 aliphatic heterocycles. The monoisotopic (exact) mass is 354 g/mol. The van der Waals surface area contributed by atoms with Gasteiger partial charge in [0.1, 0.15) is 4.70 Å². The Balaban J connectivity index is 1.53. The van der Waals surface area contributed by atoms with Crippen LogP contribution < -0.4 is 16.6 Å². The molecule has 3 N–H and O–H groups in total. The highest BCUT2D eigenvalue weighted by Crippen LogP contribution is 2.17.